The van der Waals surface area contributed by atoms with Crippen LogP contribution in [-0.2, 0) is 34.5 Å². The summed E-state index contributed by atoms with van der Waals surface area (Å²) in [6, 6.07) is 6.62. The van der Waals surface area contributed by atoms with Crippen molar-refractivity contribution in [2.75, 3.05) is 50.0 Å². The standard InChI is InChI=1S/C30H40FN5O3/c1-20-16-35(10-4-12-37-20)27-24-18-39-30(9-2-5-21-6-7-23(32)13-25(21)30)15-26(24)33-28(34-27)38-19-29-8-3-11-36(29)17-22(31)14-29/h6-7,13,20,22H,2-5,8-12,14-19,32H2,1H3/t20?,22-,29+,30+/m1/s1. The van der Waals surface area contributed by atoms with Gasteiger partial charge in [-0.3, -0.25) is 4.90 Å². The quantitative estimate of drug-likeness (QED) is 0.588. The van der Waals surface area contributed by atoms with Crippen LogP contribution in [-0.4, -0.2) is 72.1 Å². The predicted octanol–water partition coefficient (Wildman–Crippen LogP) is 3.93. The molecule has 4 aliphatic heterocycles. The molecule has 1 unspecified atom stereocenters. The van der Waals surface area contributed by atoms with Crippen molar-refractivity contribution in [2.45, 2.75) is 88.3 Å². The molecule has 0 saturated carbocycles. The van der Waals surface area contributed by atoms with Gasteiger partial charge in [0.25, 0.3) is 0 Å². The summed E-state index contributed by atoms with van der Waals surface area (Å²) in [4.78, 5) is 14.6. The van der Waals surface area contributed by atoms with Crippen LogP contribution >= 0.6 is 0 Å². The zero-order chi connectivity index (χ0) is 26.6. The monoisotopic (exact) mass is 537 g/mol. The Bertz CT molecular complexity index is 1250. The lowest BCUT2D eigenvalue weighted by Gasteiger charge is -2.43. The molecule has 39 heavy (non-hydrogen) atoms. The molecule has 9 heteroatoms. The fraction of sp³-hybridized carbons (Fsp3) is 0.667. The van der Waals surface area contributed by atoms with E-state index in [-0.39, 0.29) is 11.6 Å². The SMILES string of the molecule is CC1CN(c2nc(OC[C@@]34CCCN3C[C@H](F)C4)nc3c2CO[C@@]2(CCCc4ccc(N)cc42)C3)CCCO1. The second kappa shape index (κ2) is 9.85. The van der Waals surface area contributed by atoms with Crippen molar-refractivity contribution in [3.05, 3.63) is 40.6 Å². The number of rotatable bonds is 4. The number of aromatic nitrogens is 2. The molecule has 2 aromatic rings. The number of fused-ring (bicyclic) bond motifs is 4. The first-order valence-corrected chi connectivity index (χ1v) is 14.7. The first-order valence-electron chi connectivity index (χ1n) is 14.7. The number of nitrogens with zero attached hydrogens (tertiary/aromatic N) is 4. The fourth-order valence-electron chi connectivity index (χ4n) is 7.75. The zero-order valence-corrected chi connectivity index (χ0v) is 23.0. The van der Waals surface area contributed by atoms with Gasteiger partial charge in [0.15, 0.2) is 0 Å². The van der Waals surface area contributed by atoms with Crippen molar-refractivity contribution in [1.29, 1.82) is 0 Å². The highest BCUT2D eigenvalue weighted by molar-refractivity contribution is 5.54. The number of benzene rings is 1. The Hall–Kier alpha value is -2.49. The van der Waals surface area contributed by atoms with Crippen LogP contribution in [0.1, 0.15) is 67.8 Å². The third kappa shape index (κ3) is 4.56. The molecule has 4 atom stereocenters. The number of anilines is 2. The van der Waals surface area contributed by atoms with E-state index in [1.54, 1.807) is 0 Å². The van der Waals surface area contributed by atoms with Gasteiger partial charge in [0.2, 0.25) is 0 Å². The Morgan fingerprint density at radius 2 is 2.08 bits per heavy atom. The number of hydrogen-bond acceptors (Lipinski definition) is 8. The second-order valence-electron chi connectivity index (χ2n) is 12.3. The molecule has 2 N–H and O–H groups in total. The largest absolute Gasteiger partial charge is 0.461 e. The molecule has 0 bridgehead atoms. The van der Waals surface area contributed by atoms with E-state index in [2.05, 4.69) is 28.9 Å². The Balaban J connectivity index is 1.25. The van der Waals surface area contributed by atoms with Gasteiger partial charge >= 0.3 is 6.01 Å². The van der Waals surface area contributed by atoms with Crippen molar-refractivity contribution in [2.24, 2.45) is 0 Å². The van der Waals surface area contributed by atoms with E-state index in [0.717, 1.165) is 87.5 Å². The smallest absolute Gasteiger partial charge is 0.318 e. The van der Waals surface area contributed by atoms with Crippen LogP contribution in [0.25, 0.3) is 0 Å². The van der Waals surface area contributed by atoms with Crippen molar-refractivity contribution >= 4 is 11.5 Å². The van der Waals surface area contributed by atoms with E-state index in [0.29, 0.717) is 38.6 Å². The van der Waals surface area contributed by atoms with E-state index in [4.69, 9.17) is 29.9 Å². The Labute approximate surface area is 230 Å². The first kappa shape index (κ1) is 25.5. The minimum Gasteiger partial charge on any atom is -0.461 e. The summed E-state index contributed by atoms with van der Waals surface area (Å²) in [5, 5.41) is 0. The van der Waals surface area contributed by atoms with Crippen molar-refractivity contribution in [1.82, 2.24) is 14.9 Å². The van der Waals surface area contributed by atoms with E-state index >= 15 is 0 Å². The normalized spacial score (nSPS) is 32.5. The summed E-state index contributed by atoms with van der Waals surface area (Å²) in [6.45, 7) is 6.79. The molecule has 7 rings (SSSR count). The van der Waals surface area contributed by atoms with Crippen LogP contribution in [0.2, 0.25) is 0 Å². The maximum absolute atomic E-state index is 14.4. The minimum absolute atomic E-state index is 0.109. The van der Waals surface area contributed by atoms with Crippen LogP contribution in [0.3, 0.4) is 0 Å². The molecular weight excluding hydrogens is 497 g/mol. The van der Waals surface area contributed by atoms with Gasteiger partial charge in [-0.15, -0.1) is 0 Å². The number of aryl methyl sites for hydroxylation is 1. The number of nitrogens with two attached hydrogens (primary N) is 1. The lowest BCUT2D eigenvalue weighted by molar-refractivity contribution is -0.0855. The highest BCUT2D eigenvalue weighted by Crippen LogP contribution is 2.47. The van der Waals surface area contributed by atoms with Gasteiger partial charge in [-0.05, 0) is 75.3 Å². The van der Waals surface area contributed by atoms with Crippen molar-refractivity contribution < 1.29 is 18.6 Å². The average Bonchev–Trinajstić information content (AvgIpc) is 3.35. The number of nitrogen functional groups attached to an aromatic ring is 1. The Morgan fingerprint density at radius 1 is 1.15 bits per heavy atom. The minimum atomic E-state index is -0.789. The van der Waals surface area contributed by atoms with Gasteiger partial charge in [0, 0.05) is 50.3 Å². The van der Waals surface area contributed by atoms with Crippen molar-refractivity contribution in [3.63, 3.8) is 0 Å². The Morgan fingerprint density at radius 3 is 3.00 bits per heavy atom. The summed E-state index contributed by atoms with van der Waals surface area (Å²) in [7, 11) is 0. The lowest BCUT2D eigenvalue weighted by atomic mass is 9.74. The zero-order valence-electron chi connectivity index (χ0n) is 23.0. The van der Waals surface area contributed by atoms with Gasteiger partial charge in [-0.2, -0.15) is 9.97 Å². The molecule has 1 aromatic heterocycles. The average molecular weight is 538 g/mol. The fourth-order valence-corrected chi connectivity index (χ4v) is 7.75. The van der Waals surface area contributed by atoms with Crippen LogP contribution in [0, 0.1) is 0 Å². The first-order chi connectivity index (χ1) is 18.9. The maximum Gasteiger partial charge on any atom is 0.318 e. The van der Waals surface area contributed by atoms with Crippen molar-refractivity contribution in [3.8, 4) is 6.01 Å². The van der Waals surface area contributed by atoms with Gasteiger partial charge < -0.3 is 24.8 Å². The summed E-state index contributed by atoms with van der Waals surface area (Å²) in [5.41, 5.74) is 10.9. The van der Waals surface area contributed by atoms with E-state index in [1.807, 2.05) is 6.07 Å². The number of hydrogen-bond donors (Lipinski definition) is 1. The van der Waals surface area contributed by atoms with Crippen LogP contribution in [0.15, 0.2) is 18.2 Å². The number of ether oxygens (including phenoxy) is 3. The summed E-state index contributed by atoms with van der Waals surface area (Å²) in [5.74, 6) is 0.890. The van der Waals surface area contributed by atoms with Crippen LogP contribution in [0.5, 0.6) is 6.01 Å². The third-order valence-corrected chi connectivity index (χ3v) is 9.63. The van der Waals surface area contributed by atoms with Gasteiger partial charge in [-0.1, -0.05) is 6.07 Å². The van der Waals surface area contributed by atoms with Gasteiger partial charge in [0.1, 0.15) is 18.6 Å². The molecule has 1 aliphatic carbocycles. The molecule has 210 valence electrons. The summed E-state index contributed by atoms with van der Waals surface area (Å²) >= 11 is 0. The summed E-state index contributed by atoms with van der Waals surface area (Å²) in [6.07, 6.45) is 6.53. The van der Waals surface area contributed by atoms with Crippen LogP contribution in [0.4, 0.5) is 15.9 Å². The third-order valence-electron chi connectivity index (χ3n) is 9.63. The van der Waals surface area contributed by atoms with Crippen LogP contribution < -0.4 is 15.4 Å². The maximum atomic E-state index is 14.4. The molecule has 5 aliphatic rings. The molecule has 5 heterocycles. The molecule has 3 saturated heterocycles. The highest BCUT2D eigenvalue weighted by atomic mass is 19.1. The predicted molar refractivity (Wildman–Crippen MR) is 147 cm³/mol. The summed E-state index contributed by atoms with van der Waals surface area (Å²) < 4.78 is 33.5. The molecule has 8 nitrogen and oxygen atoms in total. The molecule has 1 aromatic carbocycles. The Kier molecular flexibility index (Phi) is 6.44. The van der Waals surface area contributed by atoms with E-state index in [9.17, 15) is 4.39 Å². The topological polar surface area (TPSA) is 86.0 Å². The van der Waals surface area contributed by atoms with Gasteiger partial charge in [-0.25, -0.2) is 4.39 Å². The molecular formula is C30H40FN5O3. The molecule has 1 spiro atoms. The molecule has 0 radical (unpaired) electrons. The molecule has 0 amide bonds. The highest BCUT2D eigenvalue weighted by Gasteiger charge is 2.49. The number of alkyl halides is 1. The lowest BCUT2D eigenvalue weighted by Crippen LogP contribution is -2.44. The second-order valence-corrected chi connectivity index (χ2v) is 12.3. The van der Waals surface area contributed by atoms with E-state index < -0.39 is 11.8 Å². The van der Waals surface area contributed by atoms with E-state index in [1.165, 1.54) is 11.1 Å². The molecule has 3 fully saturated rings. The van der Waals surface area contributed by atoms with Gasteiger partial charge in [0.05, 0.1) is 29.5 Å². The number of halogens is 1.